The van der Waals surface area contributed by atoms with Gasteiger partial charge in [-0.2, -0.15) is 0 Å². The van der Waals surface area contributed by atoms with Crippen molar-refractivity contribution in [3.8, 4) is 0 Å². The maximum Gasteiger partial charge on any atom is 0.0364 e. The first-order chi connectivity index (χ1) is 8.68. The maximum atomic E-state index is 6.49. The van der Waals surface area contributed by atoms with Crippen molar-refractivity contribution in [1.82, 2.24) is 0 Å². The quantitative estimate of drug-likeness (QED) is 0.824. The average Bonchev–Trinajstić information content (AvgIpc) is 2.67. The van der Waals surface area contributed by atoms with Crippen LogP contribution in [0.25, 0.3) is 0 Å². The zero-order valence-corrected chi connectivity index (χ0v) is 11.7. The fourth-order valence-corrected chi connectivity index (χ4v) is 2.95. The van der Waals surface area contributed by atoms with E-state index in [9.17, 15) is 0 Å². The Morgan fingerprint density at radius 2 is 1.78 bits per heavy atom. The summed E-state index contributed by atoms with van der Waals surface area (Å²) in [5.74, 6) is 0.671. The highest BCUT2D eigenvalue weighted by Crippen LogP contribution is 2.32. The lowest BCUT2D eigenvalue weighted by atomic mass is 9.88. The molecule has 0 bridgehead atoms. The van der Waals surface area contributed by atoms with Gasteiger partial charge in [-0.25, -0.2) is 0 Å². The molecule has 0 saturated heterocycles. The van der Waals surface area contributed by atoms with E-state index in [1.165, 1.54) is 49.8 Å². The molecule has 1 fully saturated rings. The monoisotopic (exact) mass is 246 g/mol. The zero-order chi connectivity index (χ0) is 13.0. The van der Waals surface area contributed by atoms with E-state index in [1.54, 1.807) is 0 Å². The number of rotatable bonds is 3. The third-order valence-electron chi connectivity index (χ3n) is 4.18. The second-order valence-corrected chi connectivity index (χ2v) is 5.77. The average molecular weight is 246 g/mol. The Morgan fingerprint density at radius 3 is 2.39 bits per heavy atom. The van der Waals surface area contributed by atoms with Crippen LogP contribution in [0, 0.1) is 5.92 Å². The maximum absolute atomic E-state index is 6.49. The number of benzene rings is 1. The highest BCUT2D eigenvalue weighted by molar-refractivity contribution is 5.47. The van der Waals surface area contributed by atoms with Crippen LogP contribution in [0.15, 0.2) is 24.3 Å². The molecule has 2 rings (SSSR count). The predicted molar refractivity (Wildman–Crippen MR) is 78.9 cm³/mol. The smallest absolute Gasteiger partial charge is 0.0364 e. The summed E-state index contributed by atoms with van der Waals surface area (Å²) in [6, 6.07) is 8.91. The van der Waals surface area contributed by atoms with Gasteiger partial charge in [0.2, 0.25) is 0 Å². The van der Waals surface area contributed by atoms with Gasteiger partial charge in [-0.1, -0.05) is 37.8 Å². The normalized spacial score (nSPS) is 19.3. The van der Waals surface area contributed by atoms with Crippen LogP contribution in [-0.2, 0) is 0 Å². The van der Waals surface area contributed by atoms with E-state index in [0.717, 1.165) is 0 Å². The molecule has 100 valence electrons. The third-order valence-corrected chi connectivity index (χ3v) is 4.18. The first-order valence-electron chi connectivity index (χ1n) is 7.21. The first kappa shape index (κ1) is 13.4. The van der Waals surface area contributed by atoms with Gasteiger partial charge in [-0.3, -0.25) is 0 Å². The van der Waals surface area contributed by atoms with Crippen LogP contribution in [0.4, 0.5) is 5.69 Å². The molecule has 1 aromatic carbocycles. The van der Waals surface area contributed by atoms with Gasteiger partial charge in [0.25, 0.3) is 0 Å². The molecule has 1 atom stereocenters. The highest BCUT2D eigenvalue weighted by Gasteiger charge is 2.21. The number of hydrogen-bond donors (Lipinski definition) is 1. The molecule has 2 nitrogen and oxygen atoms in total. The van der Waals surface area contributed by atoms with Gasteiger partial charge in [0, 0.05) is 25.8 Å². The molecular weight excluding hydrogens is 220 g/mol. The van der Waals surface area contributed by atoms with Crippen LogP contribution in [0.2, 0.25) is 0 Å². The molecule has 2 N–H and O–H groups in total. The topological polar surface area (TPSA) is 29.3 Å². The molecule has 0 spiro atoms. The molecule has 1 saturated carbocycles. The number of nitrogens with zero attached hydrogens (tertiary/aromatic N) is 1. The van der Waals surface area contributed by atoms with Crippen LogP contribution in [0.1, 0.15) is 50.1 Å². The van der Waals surface area contributed by atoms with Gasteiger partial charge in [-0.05, 0) is 36.5 Å². The summed E-state index contributed by atoms with van der Waals surface area (Å²) in [5.41, 5.74) is 9.04. The SMILES string of the molecule is CN(C)c1cccc(C(N)C2CCCCCC2)c1. The van der Waals surface area contributed by atoms with Gasteiger partial charge in [-0.15, -0.1) is 0 Å². The molecule has 1 unspecified atom stereocenters. The third kappa shape index (κ3) is 3.26. The van der Waals surface area contributed by atoms with Crippen molar-refractivity contribution in [1.29, 1.82) is 0 Å². The molecule has 1 aliphatic carbocycles. The number of anilines is 1. The lowest BCUT2D eigenvalue weighted by molar-refractivity contribution is 0.382. The summed E-state index contributed by atoms with van der Waals surface area (Å²) in [6.07, 6.45) is 8.08. The van der Waals surface area contributed by atoms with Crippen molar-refractivity contribution < 1.29 is 0 Å². The summed E-state index contributed by atoms with van der Waals surface area (Å²) < 4.78 is 0. The molecule has 2 heteroatoms. The van der Waals surface area contributed by atoms with Gasteiger partial charge in [0.1, 0.15) is 0 Å². The van der Waals surface area contributed by atoms with E-state index >= 15 is 0 Å². The first-order valence-corrected chi connectivity index (χ1v) is 7.21. The van der Waals surface area contributed by atoms with Crippen molar-refractivity contribution in [3.63, 3.8) is 0 Å². The summed E-state index contributed by atoms with van der Waals surface area (Å²) in [6.45, 7) is 0. The molecule has 0 aliphatic heterocycles. The molecule has 18 heavy (non-hydrogen) atoms. The predicted octanol–water partition coefficient (Wildman–Crippen LogP) is 3.72. The second-order valence-electron chi connectivity index (χ2n) is 5.77. The van der Waals surface area contributed by atoms with Gasteiger partial charge >= 0.3 is 0 Å². The van der Waals surface area contributed by atoms with Crippen LogP contribution in [0.5, 0.6) is 0 Å². The molecule has 0 aromatic heterocycles. The highest BCUT2D eigenvalue weighted by atomic mass is 15.1. The molecule has 0 amide bonds. The van der Waals surface area contributed by atoms with Gasteiger partial charge in [0.05, 0.1) is 0 Å². The van der Waals surface area contributed by atoms with Crippen LogP contribution < -0.4 is 10.6 Å². The summed E-state index contributed by atoms with van der Waals surface area (Å²) in [4.78, 5) is 2.14. The Balaban J connectivity index is 2.11. The summed E-state index contributed by atoms with van der Waals surface area (Å²) in [7, 11) is 4.16. The molecule has 0 radical (unpaired) electrons. The van der Waals surface area contributed by atoms with Crippen LogP contribution in [-0.4, -0.2) is 14.1 Å². The lowest BCUT2D eigenvalue weighted by Crippen LogP contribution is -2.21. The Morgan fingerprint density at radius 1 is 1.11 bits per heavy atom. The van der Waals surface area contributed by atoms with Crippen molar-refractivity contribution in [2.45, 2.75) is 44.6 Å². The van der Waals surface area contributed by atoms with Crippen molar-refractivity contribution in [2.75, 3.05) is 19.0 Å². The Labute approximate surface area is 111 Å². The minimum atomic E-state index is 0.211. The van der Waals surface area contributed by atoms with Gasteiger partial charge in [0.15, 0.2) is 0 Å². The van der Waals surface area contributed by atoms with E-state index in [2.05, 4.69) is 43.3 Å². The Hall–Kier alpha value is -1.02. The van der Waals surface area contributed by atoms with Gasteiger partial charge < -0.3 is 10.6 Å². The zero-order valence-electron chi connectivity index (χ0n) is 11.7. The van der Waals surface area contributed by atoms with E-state index in [0.29, 0.717) is 5.92 Å². The second kappa shape index (κ2) is 6.24. The Bertz CT molecular complexity index is 365. The number of nitrogens with two attached hydrogens (primary N) is 1. The molecular formula is C16H26N2. The lowest BCUT2D eigenvalue weighted by Gasteiger charge is -2.24. The van der Waals surface area contributed by atoms with E-state index in [-0.39, 0.29) is 6.04 Å². The standard InChI is InChI=1S/C16H26N2/c1-18(2)15-11-7-10-14(12-15)16(17)13-8-5-3-4-6-9-13/h7,10-13,16H,3-6,8-9,17H2,1-2H3. The molecule has 1 aromatic rings. The van der Waals surface area contributed by atoms with Crippen LogP contribution >= 0.6 is 0 Å². The summed E-state index contributed by atoms with van der Waals surface area (Å²) in [5, 5.41) is 0. The molecule has 0 heterocycles. The van der Waals surface area contributed by atoms with Crippen molar-refractivity contribution in [2.24, 2.45) is 11.7 Å². The van der Waals surface area contributed by atoms with Crippen molar-refractivity contribution in [3.05, 3.63) is 29.8 Å². The number of hydrogen-bond acceptors (Lipinski definition) is 2. The fourth-order valence-electron chi connectivity index (χ4n) is 2.95. The molecule has 1 aliphatic rings. The van der Waals surface area contributed by atoms with Crippen LogP contribution in [0.3, 0.4) is 0 Å². The van der Waals surface area contributed by atoms with E-state index in [1.807, 2.05) is 0 Å². The minimum absolute atomic E-state index is 0.211. The largest absolute Gasteiger partial charge is 0.378 e. The van der Waals surface area contributed by atoms with E-state index < -0.39 is 0 Å². The van der Waals surface area contributed by atoms with E-state index in [4.69, 9.17) is 5.73 Å². The Kier molecular flexibility index (Phi) is 4.65. The summed E-state index contributed by atoms with van der Waals surface area (Å²) >= 11 is 0. The van der Waals surface area contributed by atoms with Crippen molar-refractivity contribution >= 4 is 5.69 Å². The fraction of sp³-hybridized carbons (Fsp3) is 0.625. The minimum Gasteiger partial charge on any atom is -0.378 e.